The molecule has 0 amide bonds. The molecule has 0 fully saturated rings. The number of carbonyl (C=O) groups is 1. The summed E-state index contributed by atoms with van der Waals surface area (Å²) in [6.07, 6.45) is 5.23. The number of hydrogen-bond acceptors (Lipinski definition) is 7. The minimum absolute atomic E-state index is 0.0695. The molecule has 0 atom stereocenters. The van der Waals surface area contributed by atoms with E-state index < -0.39 is 0 Å². The number of thiophene rings is 2. The molecular formula is C22H27N3O2S3. The fourth-order valence-corrected chi connectivity index (χ4v) is 6.97. The number of carbonyl (C=O) groups excluding carboxylic acids is 1. The molecule has 0 radical (unpaired) electrons. The first-order valence-corrected chi connectivity index (χ1v) is 13.0. The van der Waals surface area contributed by atoms with Gasteiger partial charge >= 0.3 is 0 Å². The van der Waals surface area contributed by atoms with Gasteiger partial charge in [0.1, 0.15) is 4.83 Å². The Hall–Kier alpha value is -1.48. The number of aromatic nitrogens is 2. The summed E-state index contributed by atoms with van der Waals surface area (Å²) in [6.45, 7) is 3.54. The van der Waals surface area contributed by atoms with Gasteiger partial charge < -0.3 is 4.90 Å². The third-order valence-corrected chi connectivity index (χ3v) is 8.58. The molecule has 0 saturated heterocycles. The van der Waals surface area contributed by atoms with Gasteiger partial charge in [0.25, 0.3) is 5.56 Å². The number of hydrogen-bond donors (Lipinski definition) is 0. The summed E-state index contributed by atoms with van der Waals surface area (Å²) in [5.41, 5.74) is 1.29. The van der Waals surface area contributed by atoms with E-state index in [4.69, 9.17) is 4.98 Å². The molecule has 0 bridgehead atoms. The van der Waals surface area contributed by atoms with Crippen LogP contribution in [0.1, 0.15) is 44.3 Å². The summed E-state index contributed by atoms with van der Waals surface area (Å²) < 4.78 is 1.81. The Morgan fingerprint density at radius 2 is 2.03 bits per heavy atom. The number of rotatable bonds is 8. The van der Waals surface area contributed by atoms with E-state index in [0.717, 1.165) is 52.2 Å². The Labute approximate surface area is 189 Å². The van der Waals surface area contributed by atoms with Crippen LogP contribution in [0.5, 0.6) is 0 Å². The molecule has 0 spiro atoms. The predicted octanol–water partition coefficient (Wildman–Crippen LogP) is 4.63. The van der Waals surface area contributed by atoms with Crippen molar-refractivity contribution < 1.29 is 4.79 Å². The van der Waals surface area contributed by atoms with Gasteiger partial charge in [-0.15, -0.1) is 22.7 Å². The van der Waals surface area contributed by atoms with Crippen molar-refractivity contribution in [3.05, 3.63) is 42.7 Å². The monoisotopic (exact) mass is 461 g/mol. The minimum atomic E-state index is 0.0695. The van der Waals surface area contributed by atoms with Crippen LogP contribution >= 0.6 is 34.4 Å². The highest BCUT2D eigenvalue weighted by atomic mass is 32.2. The van der Waals surface area contributed by atoms with Gasteiger partial charge in [-0.05, 0) is 77.4 Å². The highest BCUT2D eigenvalue weighted by Gasteiger charge is 2.22. The molecule has 0 saturated carbocycles. The van der Waals surface area contributed by atoms with Crippen molar-refractivity contribution in [2.75, 3.05) is 26.4 Å². The maximum absolute atomic E-state index is 13.5. The van der Waals surface area contributed by atoms with Gasteiger partial charge in [-0.3, -0.25) is 14.2 Å². The summed E-state index contributed by atoms with van der Waals surface area (Å²) in [6, 6.07) is 3.86. The van der Waals surface area contributed by atoms with E-state index in [0.29, 0.717) is 17.5 Å². The van der Waals surface area contributed by atoms with Crippen molar-refractivity contribution in [3.63, 3.8) is 0 Å². The van der Waals surface area contributed by atoms with E-state index in [2.05, 4.69) is 4.90 Å². The van der Waals surface area contributed by atoms with E-state index in [1.807, 2.05) is 37.7 Å². The number of nitrogens with zero attached hydrogens (tertiary/aromatic N) is 3. The number of fused-ring (bicyclic) bond motifs is 3. The lowest BCUT2D eigenvalue weighted by Crippen LogP contribution is -2.26. The Kier molecular flexibility index (Phi) is 6.77. The van der Waals surface area contributed by atoms with Crippen LogP contribution in [-0.4, -0.2) is 46.6 Å². The fourth-order valence-electron chi connectivity index (χ4n) is 3.86. The first-order chi connectivity index (χ1) is 14.4. The maximum atomic E-state index is 13.5. The number of ketones is 1. The molecule has 3 heterocycles. The molecule has 160 valence electrons. The maximum Gasteiger partial charge on any atom is 0.263 e. The number of aryl methyl sites for hydroxylation is 3. The lowest BCUT2D eigenvalue weighted by atomic mass is 9.97. The van der Waals surface area contributed by atoms with Crippen LogP contribution in [0.4, 0.5) is 0 Å². The lowest BCUT2D eigenvalue weighted by Gasteiger charge is -2.15. The highest BCUT2D eigenvalue weighted by Crippen LogP contribution is 2.35. The fraction of sp³-hybridized carbons (Fsp3) is 0.500. The molecule has 3 aromatic heterocycles. The molecule has 1 aliphatic rings. The van der Waals surface area contributed by atoms with E-state index in [1.54, 1.807) is 11.3 Å². The van der Waals surface area contributed by atoms with Gasteiger partial charge in [-0.1, -0.05) is 11.8 Å². The molecule has 1 aliphatic carbocycles. The molecule has 0 unspecified atom stereocenters. The standard InChI is InChI=1S/C22H27N3O2S3/c1-14-9-10-18(29-14)16(26)13-28-22-23-20-19(15-7-4-5-8-17(15)30-20)21(27)25(22)12-6-11-24(2)3/h9-10H,4-8,11-13H2,1-3H3. The van der Waals surface area contributed by atoms with Crippen molar-refractivity contribution in [1.29, 1.82) is 0 Å². The summed E-state index contributed by atoms with van der Waals surface area (Å²) in [5.74, 6) is 0.397. The predicted molar refractivity (Wildman–Crippen MR) is 128 cm³/mol. The third kappa shape index (κ3) is 4.56. The van der Waals surface area contributed by atoms with Crippen molar-refractivity contribution in [2.24, 2.45) is 0 Å². The van der Waals surface area contributed by atoms with Crippen LogP contribution < -0.4 is 5.56 Å². The molecule has 0 aliphatic heterocycles. The smallest absolute Gasteiger partial charge is 0.263 e. The second kappa shape index (κ2) is 9.34. The lowest BCUT2D eigenvalue weighted by molar-refractivity contribution is 0.102. The average Bonchev–Trinajstić information content (AvgIpc) is 3.31. The van der Waals surface area contributed by atoms with Crippen LogP contribution in [0, 0.1) is 6.92 Å². The van der Waals surface area contributed by atoms with Crippen LogP contribution in [0.15, 0.2) is 22.1 Å². The van der Waals surface area contributed by atoms with Crippen molar-refractivity contribution in [3.8, 4) is 0 Å². The summed E-state index contributed by atoms with van der Waals surface area (Å²) in [5, 5.41) is 1.50. The third-order valence-electron chi connectivity index (χ3n) is 5.37. The Bertz CT molecular complexity index is 1130. The van der Waals surface area contributed by atoms with Crippen LogP contribution in [0.2, 0.25) is 0 Å². The zero-order valence-corrected chi connectivity index (χ0v) is 20.1. The van der Waals surface area contributed by atoms with E-state index in [1.165, 1.54) is 40.0 Å². The summed E-state index contributed by atoms with van der Waals surface area (Å²) >= 11 is 4.59. The SMILES string of the molecule is Cc1ccc(C(=O)CSc2nc3sc4c(c3c(=O)n2CCCN(C)C)CCCC4)s1. The molecule has 8 heteroatoms. The first kappa shape index (κ1) is 21.7. The van der Waals surface area contributed by atoms with Gasteiger partial charge in [0, 0.05) is 16.3 Å². The molecule has 3 aromatic rings. The molecule has 30 heavy (non-hydrogen) atoms. The largest absolute Gasteiger partial charge is 0.309 e. The van der Waals surface area contributed by atoms with E-state index in [-0.39, 0.29) is 11.3 Å². The Morgan fingerprint density at radius 3 is 2.77 bits per heavy atom. The second-order valence-electron chi connectivity index (χ2n) is 8.02. The van der Waals surface area contributed by atoms with Crippen molar-refractivity contribution >= 4 is 50.4 Å². The highest BCUT2D eigenvalue weighted by molar-refractivity contribution is 7.99. The molecule has 0 aromatic carbocycles. The van der Waals surface area contributed by atoms with Gasteiger partial charge in [0.05, 0.1) is 16.0 Å². The van der Waals surface area contributed by atoms with Gasteiger partial charge in [0.2, 0.25) is 0 Å². The zero-order chi connectivity index (χ0) is 21.3. The second-order valence-corrected chi connectivity index (χ2v) is 11.3. The summed E-state index contributed by atoms with van der Waals surface area (Å²) in [7, 11) is 4.08. The van der Waals surface area contributed by atoms with Gasteiger partial charge in [0.15, 0.2) is 10.9 Å². The molecule has 0 N–H and O–H groups in total. The number of Topliss-reactive ketones (excluding diaryl/α,β-unsaturated/α-hetero) is 1. The van der Waals surface area contributed by atoms with Crippen LogP contribution in [0.3, 0.4) is 0 Å². The average molecular weight is 462 g/mol. The molecule has 5 nitrogen and oxygen atoms in total. The zero-order valence-electron chi connectivity index (χ0n) is 17.7. The Balaban J connectivity index is 1.67. The normalized spacial score (nSPS) is 13.9. The molecule has 4 rings (SSSR count). The van der Waals surface area contributed by atoms with E-state index >= 15 is 0 Å². The minimum Gasteiger partial charge on any atom is -0.309 e. The summed E-state index contributed by atoms with van der Waals surface area (Å²) in [4.78, 5) is 37.2. The molecular weight excluding hydrogens is 434 g/mol. The van der Waals surface area contributed by atoms with Gasteiger partial charge in [-0.2, -0.15) is 0 Å². The first-order valence-electron chi connectivity index (χ1n) is 10.4. The van der Waals surface area contributed by atoms with Crippen LogP contribution in [-0.2, 0) is 19.4 Å². The Morgan fingerprint density at radius 1 is 1.23 bits per heavy atom. The number of thioether (sulfide) groups is 1. The van der Waals surface area contributed by atoms with Gasteiger partial charge in [-0.25, -0.2) is 4.98 Å². The topological polar surface area (TPSA) is 55.2 Å². The van der Waals surface area contributed by atoms with Crippen molar-refractivity contribution in [1.82, 2.24) is 14.5 Å². The van der Waals surface area contributed by atoms with Crippen LogP contribution in [0.25, 0.3) is 10.2 Å². The quantitative estimate of drug-likeness (QED) is 0.278. The van der Waals surface area contributed by atoms with Crippen molar-refractivity contribution in [2.45, 2.75) is 50.7 Å². The van der Waals surface area contributed by atoms with E-state index in [9.17, 15) is 9.59 Å².